The van der Waals surface area contributed by atoms with Crippen LogP contribution in [0.5, 0.6) is 0 Å². The van der Waals surface area contributed by atoms with Crippen molar-refractivity contribution >= 4 is 23.6 Å². The largest absolute Gasteiger partial charge is 0.457 e. The maximum Gasteiger partial charge on any atom is 0.270 e. The first-order valence-corrected chi connectivity index (χ1v) is 9.80. The molecule has 3 aromatic rings. The number of benzene rings is 2. The maximum absolute atomic E-state index is 12.6. The second-order valence-electron chi connectivity index (χ2n) is 6.72. The normalized spacial score (nSPS) is 11.1. The minimum absolute atomic E-state index is 0.0447. The molecule has 0 bridgehead atoms. The van der Waals surface area contributed by atoms with Crippen molar-refractivity contribution in [1.29, 1.82) is 0 Å². The van der Waals surface area contributed by atoms with Gasteiger partial charge in [0, 0.05) is 42.5 Å². The lowest BCUT2D eigenvalue weighted by molar-refractivity contribution is -0.384. The van der Waals surface area contributed by atoms with Gasteiger partial charge in [-0.3, -0.25) is 19.7 Å². The Hall–Kier alpha value is -4.24. The molecule has 0 fully saturated rings. The van der Waals surface area contributed by atoms with E-state index in [2.05, 4.69) is 10.6 Å². The molecule has 0 radical (unpaired) electrons. The van der Waals surface area contributed by atoms with Gasteiger partial charge >= 0.3 is 0 Å². The molecule has 2 amide bonds. The monoisotopic (exact) mass is 435 g/mol. The summed E-state index contributed by atoms with van der Waals surface area (Å²) in [5.74, 6) is -0.378. The van der Waals surface area contributed by atoms with Gasteiger partial charge in [0.15, 0.2) is 0 Å². The van der Waals surface area contributed by atoms with Crippen LogP contribution in [0.4, 0.5) is 5.69 Å². The molecule has 9 heteroatoms. The molecule has 32 heavy (non-hydrogen) atoms. The van der Waals surface area contributed by atoms with E-state index in [0.29, 0.717) is 23.3 Å². The smallest absolute Gasteiger partial charge is 0.270 e. The van der Waals surface area contributed by atoms with Gasteiger partial charge in [-0.05, 0) is 30.7 Å². The first-order valence-electron chi connectivity index (χ1n) is 9.80. The number of hydrogen-bond acceptors (Lipinski definition) is 6. The minimum Gasteiger partial charge on any atom is -0.457 e. The van der Waals surface area contributed by atoms with Gasteiger partial charge in [0.25, 0.3) is 17.5 Å². The molecular weight excluding hydrogens is 414 g/mol. The fourth-order valence-electron chi connectivity index (χ4n) is 2.82. The quantitative estimate of drug-likeness (QED) is 0.205. The highest BCUT2D eigenvalue weighted by molar-refractivity contribution is 6.05. The van der Waals surface area contributed by atoms with Gasteiger partial charge in [-0.2, -0.15) is 0 Å². The van der Waals surface area contributed by atoms with Crippen LogP contribution in [0, 0.1) is 10.1 Å². The van der Waals surface area contributed by atoms with Gasteiger partial charge in [-0.15, -0.1) is 0 Å². The average molecular weight is 435 g/mol. The number of nitro groups is 1. The number of nitrogens with zero attached hydrogens (tertiary/aromatic N) is 1. The molecule has 0 saturated carbocycles. The third-order valence-corrected chi connectivity index (χ3v) is 4.40. The standard InChI is InChI=1S/C23H21N3O6/c27-13-5-12-24-23(29)20(25-22(28)16-6-2-1-3-7-16)15-19-10-11-21(32-19)17-8-4-9-18(14-17)26(30)31/h1-4,6-11,14-15,27H,5,12-13H2,(H,24,29)(H,25,28)/b20-15+. The number of nitro benzene ring substituents is 1. The second-order valence-corrected chi connectivity index (χ2v) is 6.72. The highest BCUT2D eigenvalue weighted by atomic mass is 16.6. The summed E-state index contributed by atoms with van der Waals surface area (Å²) in [6.07, 6.45) is 1.74. The van der Waals surface area contributed by atoms with Crippen molar-refractivity contribution < 1.29 is 24.0 Å². The Kier molecular flexibility index (Phi) is 7.50. The SMILES string of the molecule is O=C(NCCCO)/C(=C\c1ccc(-c2cccc([N+](=O)[O-])c2)o1)NC(=O)c1ccccc1. The first-order chi connectivity index (χ1) is 15.5. The fourth-order valence-corrected chi connectivity index (χ4v) is 2.82. The minimum atomic E-state index is -0.545. The molecule has 1 aromatic heterocycles. The van der Waals surface area contributed by atoms with E-state index in [1.807, 2.05) is 0 Å². The van der Waals surface area contributed by atoms with E-state index in [4.69, 9.17) is 9.52 Å². The van der Waals surface area contributed by atoms with Crippen LogP contribution >= 0.6 is 0 Å². The van der Waals surface area contributed by atoms with Crippen LogP contribution in [0.3, 0.4) is 0 Å². The Labute approximate surface area is 183 Å². The van der Waals surface area contributed by atoms with Crippen LogP contribution < -0.4 is 10.6 Å². The Balaban J connectivity index is 1.86. The van der Waals surface area contributed by atoms with E-state index in [9.17, 15) is 19.7 Å². The van der Waals surface area contributed by atoms with E-state index < -0.39 is 16.7 Å². The molecular formula is C23H21N3O6. The summed E-state index contributed by atoms with van der Waals surface area (Å²) in [5.41, 5.74) is 0.756. The summed E-state index contributed by atoms with van der Waals surface area (Å²) in [7, 11) is 0. The number of aliphatic hydroxyl groups excluding tert-OH is 1. The molecule has 3 N–H and O–H groups in total. The van der Waals surface area contributed by atoms with Crippen LogP contribution in [-0.2, 0) is 4.79 Å². The van der Waals surface area contributed by atoms with Crippen LogP contribution in [0.15, 0.2) is 76.8 Å². The predicted molar refractivity (Wildman–Crippen MR) is 117 cm³/mol. The van der Waals surface area contributed by atoms with Crippen LogP contribution in [-0.4, -0.2) is 35.0 Å². The van der Waals surface area contributed by atoms with Crippen molar-refractivity contribution in [3.63, 3.8) is 0 Å². The average Bonchev–Trinajstić information content (AvgIpc) is 3.28. The number of amides is 2. The number of non-ortho nitro benzene ring substituents is 1. The van der Waals surface area contributed by atoms with E-state index in [-0.39, 0.29) is 30.3 Å². The lowest BCUT2D eigenvalue weighted by atomic mass is 10.1. The summed E-state index contributed by atoms with van der Waals surface area (Å²) in [4.78, 5) is 35.6. The summed E-state index contributed by atoms with van der Waals surface area (Å²) < 4.78 is 5.73. The molecule has 2 aromatic carbocycles. The molecule has 0 spiro atoms. The molecule has 3 rings (SSSR count). The molecule has 0 aliphatic heterocycles. The highest BCUT2D eigenvalue weighted by Crippen LogP contribution is 2.26. The Bertz CT molecular complexity index is 1140. The molecule has 0 aliphatic carbocycles. The molecule has 164 valence electrons. The van der Waals surface area contributed by atoms with E-state index in [1.165, 1.54) is 18.2 Å². The van der Waals surface area contributed by atoms with Crippen LogP contribution in [0.25, 0.3) is 17.4 Å². The summed E-state index contributed by atoms with van der Waals surface area (Å²) >= 11 is 0. The third kappa shape index (κ3) is 5.89. The molecule has 0 saturated heterocycles. The summed E-state index contributed by atoms with van der Waals surface area (Å²) in [6, 6.07) is 17.6. The zero-order valence-electron chi connectivity index (χ0n) is 17.0. The number of furan rings is 1. The van der Waals surface area contributed by atoms with Crippen molar-refractivity contribution in [2.75, 3.05) is 13.2 Å². The van der Waals surface area contributed by atoms with Gasteiger partial charge in [-0.1, -0.05) is 30.3 Å². The molecule has 1 heterocycles. The van der Waals surface area contributed by atoms with E-state index >= 15 is 0 Å². The summed E-state index contributed by atoms with van der Waals surface area (Å²) in [5, 5.41) is 25.1. The van der Waals surface area contributed by atoms with E-state index in [0.717, 1.165) is 0 Å². The maximum atomic E-state index is 12.6. The van der Waals surface area contributed by atoms with Crippen molar-refractivity contribution in [1.82, 2.24) is 10.6 Å². The molecule has 0 unspecified atom stereocenters. The Morgan fingerprint density at radius 2 is 1.84 bits per heavy atom. The molecule has 0 aliphatic rings. The van der Waals surface area contributed by atoms with Gasteiger partial charge in [0.05, 0.1) is 4.92 Å². The number of nitrogens with one attached hydrogen (secondary N) is 2. The second kappa shape index (κ2) is 10.7. The van der Waals surface area contributed by atoms with Gasteiger partial charge in [0.1, 0.15) is 17.2 Å². The van der Waals surface area contributed by atoms with Crippen molar-refractivity contribution in [2.24, 2.45) is 0 Å². The number of carbonyl (C=O) groups excluding carboxylic acids is 2. The highest BCUT2D eigenvalue weighted by Gasteiger charge is 2.16. The van der Waals surface area contributed by atoms with Crippen molar-refractivity contribution in [3.8, 4) is 11.3 Å². The molecule has 9 nitrogen and oxygen atoms in total. The Morgan fingerprint density at radius 3 is 2.56 bits per heavy atom. The zero-order chi connectivity index (χ0) is 22.9. The first kappa shape index (κ1) is 22.4. The number of hydrogen-bond donors (Lipinski definition) is 3. The third-order valence-electron chi connectivity index (χ3n) is 4.40. The lowest BCUT2D eigenvalue weighted by Crippen LogP contribution is -2.35. The number of carbonyl (C=O) groups is 2. The van der Waals surface area contributed by atoms with Crippen molar-refractivity contribution in [3.05, 3.63) is 93.9 Å². The van der Waals surface area contributed by atoms with Crippen molar-refractivity contribution in [2.45, 2.75) is 6.42 Å². The van der Waals surface area contributed by atoms with Gasteiger partial charge in [-0.25, -0.2) is 0 Å². The summed E-state index contributed by atoms with van der Waals surface area (Å²) in [6.45, 7) is 0.144. The van der Waals surface area contributed by atoms with Crippen LogP contribution in [0.2, 0.25) is 0 Å². The fraction of sp³-hybridized carbons (Fsp3) is 0.130. The lowest BCUT2D eigenvalue weighted by Gasteiger charge is -2.10. The number of rotatable bonds is 9. The van der Waals surface area contributed by atoms with Crippen LogP contribution in [0.1, 0.15) is 22.5 Å². The van der Waals surface area contributed by atoms with E-state index in [1.54, 1.807) is 54.6 Å². The van der Waals surface area contributed by atoms with Gasteiger partial charge < -0.3 is 20.2 Å². The zero-order valence-corrected chi connectivity index (χ0v) is 17.0. The predicted octanol–water partition coefficient (Wildman–Crippen LogP) is 3.12. The Morgan fingerprint density at radius 1 is 1.06 bits per heavy atom. The van der Waals surface area contributed by atoms with Gasteiger partial charge in [0.2, 0.25) is 0 Å². The number of aliphatic hydroxyl groups is 1. The molecule has 0 atom stereocenters. The topological polar surface area (TPSA) is 135 Å².